The van der Waals surface area contributed by atoms with Gasteiger partial charge in [0.15, 0.2) is 0 Å². The van der Waals surface area contributed by atoms with Gasteiger partial charge in [-0.3, -0.25) is 10.1 Å². The van der Waals surface area contributed by atoms with Gasteiger partial charge < -0.3 is 5.32 Å². The average Bonchev–Trinajstić information content (AvgIpc) is 2.98. The van der Waals surface area contributed by atoms with Crippen molar-refractivity contribution < 1.29 is 13.3 Å². The molecule has 1 N–H and O–H groups in total. The molecule has 1 aromatic carbocycles. The van der Waals surface area contributed by atoms with Crippen LogP contribution in [0.25, 0.3) is 0 Å². The Labute approximate surface area is 124 Å². The van der Waals surface area contributed by atoms with Crippen LogP contribution in [0.15, 0.2) is 29.2 Å². The predicted molar refractivity (Wildman–Crippen MR) is 78.6 cm³/mol. The van der Waals surface area contributed by atoms with Crippen LogP contribution in [0, 0.1) is 10.1 Å². The van der Waals surface area contributed by atoms with E-state index >= 15 is 0 Å². The Morgan fingerprint density at radius 3 is 2.81 bits per heavy atom. The summed E-state index contributed by atoms with van der Waals surface area (Å²) in [6, 6.07) is 5.14. The Kier molecular flexibility index (Phi) is 4.92. The second-order valence-corrected chi connectivity index (χ2v) is 6.91. The number of hydrogen-bond acceptors (Lipinski definition) is 5. The van der Waals surface area contributed by atoms with Gasteiger partial charge in [0.05, 0.1) is 9.82 Å². The van der Waals surface area contributed by atoms with Crippen molar-refractivity contribution in [2.24, 2.45) is 0 Å². The van der Waals surface area contributed by atoms with Crippen LogP contribution in [0.1, 0.15) is 19.8 Å². The standard InChI is InChI=1S/C13H19N3O4S/c1-2-8-15(12-6-7-14-10-12)21(19,20)13-5-3-4-11(9-13)16(17)18/h3-5,9,12,14H,2,6-8,10H2,1H3. The molecular formula is C13H19N3O4S. The summed E-state index contributed by atoms with van der Waals surface area (Å²) in [5, 5.41) is 14.0. The number of nitro benzene ring substituents is 1. The van der Waals surface area contributed by atoms with Crippen LogP contribution in [-0.4, -0.2) is 43.3 Å². The molecule has 1 aliphatic heterocycles. The topological polar surface area (TPSA) is 92.6 Å². The quantitative estimate of drug-likeness (QED) is 0.632. The van der Waals surface area contributed by atoms with Crippen LogP contribution in [0.4, 0.5) is 5.69 Å². The molecule has 0 saturated carbocycles. The van der Waals surface area contributed by atoms with E-state index in [0.717, 1.165) is 19.0 Å². The van der Waals surface area contributed by atoms with Crippen molar-refractivity contribution in [1.29, 1.82) is 0 Å². The number of hydrogen-bond donors (Lipinski definition) is 1. The van der Waals surface area contributed by atoms with Gasteiger partial charge >= 0.3 is 0 Å². The maximum atomic E-state index is 12.8. The third-order valence-corrected chi connectivity index (χ3v) is 5.47. The maximum Gasteiger partial charge on any atom is 0.270 e. The Bertz CT molecular complexity index is 612. The highest BCUT2D eigenvalue weighted by Gasteiger charge is 2.33. The van der Waals surface area contributed by atoms with E-state index in [9.17, 15) is 18.5 Å². The molecule has 0 bridgehead atoms. The van der Waals surface area contributed by atoms with Gasteiger partial charge in [-0.1, -0.05) is 13.0 Å². The number of benzene rings is 1. The third kappa shape index (κ3) is 3.39. The monoisotopic (exact) mass is 313 g/mol. The fraction of sp³-hybridized carbons (Fsp3) is 0.538. The molecule has 1 heterocycles. The van der Waals surface area contributed by atoms with Gasteiger partial charge in [0.25, 0.3) is 5.69 Å². The van der Waals surface area contributed by atoms with Gasteiger partial charge in [-0.2, -0.15) is 4.31 Å². The first kappa shape index (κ1) is 15.9. The van der Waals surface area contributed by atoms with E-state index in [1.54, 1.807) is 0 Å². The minimum absolute atomic E-state index is 0.0166. The highest BCUT2D eigenvalue weighted by atomic mass is 32.2. The highest BCUT2D eigenvalue weighted by molar-refractivity contribution is 7.89. The summed E-state index contributed by atoms with van der Waals surface area (Å²) >= 11 is 0. The molecule has 1 fully saturated rings. The van der Waals surface area contributed by atoms with Crippen molar-refractivity contribution in [2.45, 2.75) is 30.7 Å². The predicted octanol–water partition coefficient (Wildman–Crippen LogP) is 1.36. The van der Waals surface area contributed by atoms with E-state index in [2.05, 4.69) is 5.32 Å². The first-order valence-electron chi connectivity index (χ1n) is 6.94. The minimum atomic E-state index is -3.71. The van der Waals surface area contributed by atoms with E-state index in [-0.39, 0.29) is 16.6 Å². The van der Waals surface area contributed by atoms with Crippen molar-refractivity contribution in [3.8, 4) is 0 Å². The van der Waals surface area contributed by atoms with Crippen LogP contribution in [0.2, 0.25) is 0 Å². The molecule has 0 aliphatic carbocycles. The van der Waals surface area contributed by atoms with Gasteiger partial charge in [0.2, 0.25) is 10.0 Å². The average molecular weight is 313 g/mol. The molecule has 0 amide bonds. The van der Waals surface area contributed by atoms with Gasteiger partial charge in [0.1, 0.15) is 0 Å². The zero-order valence-electron chi connectivity index (χ0n) is 11.9. The van der Waals surface area contributed by atoms with Crippen molar-refractivity contribution in [2.75, 3.05) is 19.6 Å². The van der Waals surface area contributed by atoms with Crippen LogP contribution < -0.4 is 5.32 Å². The second-order valence-electron chi connectivity index (χ2n) is 5.02. The van der Waals surface area contributed by atoms with E-state index in [1.807, 2.05) is 6.92 Å². The van der Waals surface area contributed by atoms with E-state index in [4.69, 9.17) is 0 Å². The molecule has 7 nitrogen and oxygen atoms in total. The molecule has 21 heavy (non-hydrogen) atoms. The molecule has 1 unspecified atom stereocenters. The van der Waals surface area contributed by atoms with Crippen LogP contribution in [-0.2, 0) is 10.0 Å². The fourth-order valence-electron chi connectivity index (χ4n) is 2.50. The molecular weight excluding hydrogens is 294 g/mol. The molecule has 1 aromatic rings. The molecule has 0 aromatic heterocycles. The highest BCUT2D eigenvalue weighted by Crippen LogP contribution is 2.24. The fourth-order valence-corrected chi connectivity index (χ4v) is 4.28. The summed E-state index contributed by atoms with van der Waals surface area (Å²) in [6.45, 7) is 3.74. The first-order chi connectivity index (χ1) is 9.96. The largest absolute Gasteiger partial charge is 0.315 e. The minimum Gasteiger partial charge on any atom is -0.315 e. The lowest BCUT2D eigenvalue weighted by Crippen LogP contribution is -2.42. The summed E-state index contributed by atoms with van der Waals surface area (Å²) in [7, 11) is -3.71. The number of rotatable bonds is 6. The molecule has 1 atom stereocenters. The lowest BCUT2D eigenvalue weighted by atomic mass is 10.2. The van der Waals surface area contributed by atoms with Gasteiger partial charge in [-0.15, -0.1) is 0 Å². The molecule has 0 radical (unpaired) electrons. The summed E-state index contributed by atoms with van der Waals surface area (Å²) < 4.78 is 27.0. The Morgan fingerprint density at radius 2 is 2.24 bits per heavy atom. The smallest absolute Gasteiger partial charge is 0.270 e. The van der Waals surface area contributed by atoms with Gasteiger partial charge in [0, 0.05) is 31.3 Å². The number of non-ortho nitro benzene ring substituents is 1. The van der Waals surface area contributed by atoms with Gasteiger partial charge in [-0.25, -0.2) is 8.42 Å². The normalized spacial score (nSPS) is 19.0. The third-order valence-electron chi connectivity index (χ3n) is 3.52. The van der Waals surface area contributed by atoms with Crippen molar-refractivity contribution in [3.05, 3.63) is 34.4 Å². The molecule has 1 aliphatic rings. The number of nitrogens with zero attached hydrogens (tertiary/aromatic N) is 2. The summed E-state index contributed by atoms with van der Waals surface area (Å²) in [5.74, 6) is 0. The molecule has 0 spiro atoms. The Hall–Kier alpha value is -1.51. The zero-order chi connectivity index (χ0) is 15.5. The van der Waals surface area contributed by atoms with Crippen LogP contribution in [0.3, 0.4) is 0 Å². The molecule has 1 saturated heterocycles. The number of nitro groups is 1. The first-order valence-corrected chi connectivity index (χ1v) is 8.38. The van der Waals surface area contributed by atoms with Crippen LogP contribution >= 0.6 is 0 Å². The summed E-state index contributed by atoms with van der Waals surface area (Å²) in [4.78, 5) is 10.2. The van der Waals surface area contributed by atoms with Crippen LogP contribution in [0.5, 0.6) is 0 Å². The van der Waals surface area contributed by atoms with Crippen molar-refractivity contribution in [1.82, 2.24) is 9.62 Å². The number of nitrogens with one attached hydrogen (secondary N) is 1. The van der Waals surface area contributed by atoms with Gasteiger partial charge in [-0.05, 0) is 25.5 Å². The SMILES string of the molecule is CCCN(C1CCNC1)S(=O)(=O)c1cccc([N+](=O)[O-])c1. The van der Waals surface area contributed by atoms with E-state index in [0.29, 0.717) is 19.5 Å². The Balaban J connectivity index is 2.37. The molecule has 8 heteroatoms. The van der Waals surface area contributed by atoms with E-state index < -0.39 is 14.9 Å². The molecule has 2 rings (SSSR count). The summed E-state index contributed by atoms with van der Waals surface area (Å²) in [5.41, 5.74) is -0.211. The number of sulfonamides is 1. The van der Waals surface area contributed by atoms with Crippen molar-refractivity contribution in [3.63, 3.8) is 0 Å². The second kappa shape index (κ2) is 6.50. The lowest BCUT2D eigenvalue weighted by molar-refractivity contribution is -0.385. The maximum absolute atomic E-state index is 12.8. The molecule has 116 valence electrons. The Morgan fingerprint density at radius 1 is 1.48 bits per heavy atom. The van der Waals surface area contributed by atoms with E-state index in [1.165, 1.54) is 22.5 Å². The lowest BCUT2D eigenvalue weighted by Gasteiger charge is -2.27. The van der Waals surface area contributed by atoms with Crippen molar-refractivity contribution >= 4 is 15.7 Å². The summed E-state index contributed by atoms with van der Waals surface area (Å²) in [6.07, 6.45) is 1.46. The zero-order valence-corrected chi connectivity index (χ0v) is 12.7.